The van der Waals surface area contributed by atoms with Crippen LogP contribution in [-0.4, -0.2) is 51.2 Å². The number of carbonyl (C=O) groups excluding carboxylic acids is 2. The van der Waals surface area contributed by atoms with E-state index in [1.165, 1.54) is 0 Å². The zero-order chi connectivity index (χ0) is 22.3. The summed E-state index contributed by atoms with van der Waals surface area (Å²) < 4.78 is 7.45. The van der Waals surface area contributed by atoms with E-state index in [1.807, 2.05) is 71.1 Å². The maximum absolute atomic E-state index is 12.8. The molecule has 2 heterocycles. The average molecular weight is 434 g/mol. The van der Waals surface area contributed by atoms with Crippen molar-refractivity contribution in [1.29, 1.82) is 0 Å². The third-order valence-electron chi connectivity index (χ3n) is 5.65. The lowest BCUT2D eigenvalue weighted by molar-refractivity contribution is -0.135. The number of aromatic nitrogens is 3. The minimum absolute atomic E-state index is 0.0142. The van der Waals surface area contributed by atoms with Crippen molar-refractivity contribution in [3.8, 4) is 17.1 Å². The van der Waals surface area contributed by atoms with Crippen LogP contribution in [0.2, 0.25) is 0 Å². The van der Waals surface area contributed by atoms with Crippen LogP contribution in [0.25, 0.3) is 11.4 Å². The molecule has 8 heteroatoms. The van der Waals surface area contributed by atoms with E-state index in [9.17, 15) is 9.59 Å². The first kappa shape index (κ1) is 21.5. The largest absolute Gasteiger partial charge is 0.493 e. The molecular formula is C24H27N5O3. The second kappa shape index (κ2) is 10.1. The quantitative estimate of drug-likeness (QED) is 0.618. The molecule has 0 saturated carbocycles. The Kier molecular flexibility index (Phi) is 6.79. The number of hydrogen-bond donors (Lipinski definition) is 1. The number of para-hydroxylation sites is 1. The zero-order valence-electron chi connectivity index (χ0n) is 18.1. The van der Waals surface area contributed by atoms with E-state index >= 15 is 0 Å². The number of ether oxygens (including phenoxy) is 1. The molecule has 0 aliphatic carbocycles. The predicted molar refractivity (Wildman–Crippen MR) is 121 cm³/mol. The molecule has 0 atom stereocenters. The monoisotopic (exact) mass is 433 g/mol. The summed E-state index contributed by atoms with van der Waals surface area (Å²) in [4.78, 5) is 27.1. The van der Waals surface area contributed by atoms with Crippen LogP contribution in [0.4, 0.5) is 5.69 Å². The van der Waals surface area contributed by atoms with Crippen molar-refractivity contribution in [2.45, 2.75) is 19.3 Å². The van der Waals surface area contributed by atoms with Crippen LogP contribution in [0.3, 0.4) is 0 Å². The molecular weight excluding hydrogens is 406 g/mol. The lowest BCUT2D eigenvalue weighted by Gasteiger charge is -2.31. The Morgan fingerprint density at radius 3 is 2.59 bits per heavy atom. The Balaban J connectivity index is 1.24. The van der Waals surface area contributed by atoms with Gasteiger partial charge < -0.3 is 19.5 Å². The number of likely N-dealkylation sites (tertiary alicyclic amines) is 1. The van der Waals surface area contributed by atoms with Crippen molar-refractivity contribution in [3.05, 3.63) is 60.9 Å². The molecule has 1 saturated heterocycles. The summed E-state index contributed by atoms with van der Waals surface area (Å²) in [5, 5.41) is 11.0. The van der Waals surface area contributed by atoms with Gasteiger partial charge in [0, 0.05) is 37.3 Å². The minimum Gasteiger partial charge on any atom is -0.493 e. The third kappa shape index (κ3) is 5.32. The molecule has 8 nitrogen and oxygen atoms in total. The summed E-state index contributed by atoms with van der Waals surface area (Å²) in [6.45, 7) is 1.52. The fourth-order valence-corrected chi connectivity index (χ4v) is 3.85. The molecule has 32 heavy (non-hydrogen) atoms. The van der Waals surface area contributed by atoms with Gasteiger partial charge in [-0.05, 0) is 37.1 Å². The maximum atomic E-state index is 12.8. The summed E-state index contributed by atoms with van der Waals surface area (Å²) in [7, 11) is 1.88. The van der Waals surface area contributed by atoms with Crippen molar-refractivity contribution >= 4 is 17.5 Å². The standard InChI is InChI=1S/C24H27N5O3/c1-28-17-25-27-23(28)19-6-5-7-20(16-19)26-24(31)18-10-13-29(14-11-18)22(30)12-15-32-21-8-3-2-4-9-21/h2-9,16-18H,10-15H2,1H3,(H,26,31). The zero-order valence-corrected chi connectivity index (χ0v) is 18.1. The molecule has 1 aliphatic rings. The van der Waals surface area contributed by atoms with Gasteiger partial charge >= 0.3 is 0 Å². The van der Waals surface area contributed by atoms with E-state index in [1.54, 1.807) is 6.33 Å². The topological polar surface area (TPSA) is 89.4 Å². The van der Waals surface area contributed by atoms with E-state index in [4.69, 9.17) is 4.74 Å². The first-order valence-corrected chi connectivity index (χ1v) is 10.8. The van der Waals surface area contributed by atoms with Gasteiger partial charge in [-0.2, -0.15) is 0 Å². The van der Waals surface area contributed by atoms with Crippen LogP contribution < -0.4 is 10.1 Å². The van der Waals surface area contributed by atoms with Crippen molar-refractivity contribution in [1.82, 2.24) is 19.7 Å². The van der Waals surface area contributed by atoms with Gasteiger partial charge in [-0.15, -0.1) is 10.2 Å². The number of nitrogens with zero attached hydrogens (tertiary/aromatic N) is 4. The van der Waals surface area contributed by atoms with Gasteiger partial charge in [-0.1, -0.05) is 30.3 Å². The van der Waals surface area contributed by atoms with Gasteiger partial charge in [-0.25, -0.2) is 0 Å². The van der Waals surface area contributed by atoms with E-state index in [0.717, 1.165) is 22.8 Å². The number of piperidine rings is 1. The van der Waals surface area contributed by atoms with E-state index in [2.05, 4.69) is 15.5 Å². The van der Waals surface area contributed by atoms with Gasteiger partial charge in [0.15, 0.2) is 5.82 Å². The van der Waals surface area contributed by atoms with Crippen LogP contribution in [0.5, 0.6) is 5.75 Å². The summed E-state index contributed by atoms with van der Waals surface area (Å²) in [5.41, 5.74) is 1.62. The number of anilines is 1. The van der Waals surface area contributed by atoms with E-state index in [0.29, 0.717) is 39.0 Å². The first-order chi connectivity index (χ1) is 15.6. The summed E-state index contributed by atoms with van der Waals surface area (Å²) in [6, 6.07) is 17.1. The molecule has 1 fully saturated rings. The summed E-state index contributed by atoms with van der Waals surface area (Å²) in [5.74, 6) is 1.44. The Labute approximate surface area is 187 Å². The molecule has 2 amide bonds. The van der Waals surface area contributed by atoms with Crippen molar-refractivity contribution in [3.63, 3.8) is 0 Å². The highest BCUT2D eigenvalue weighted by Gasteiger charge is 2.27. The summed E-state index contributed by atoms with van der Waals surface area (Å²) >= 11 is 0. The lowest BCUT2D eigenvalue weighted by Crippen LogP contribution is -2.41. The van der Waals surface area contributed by atoms with Crippen LogP contribution in [-0.2, 0) is 16.6 Å². The molecule has 3 aromatic rings. The molecule has 1 N–H and O–H groups in total. The predicted octanol–water partition coefficient (Wildman–Crippen LogP) is 3.13. The van der Waals surface area contributed by atoms with Crippen LogP contribution in [0.15, 0.2) is 60.9 Å². The van der Waals surface area contributed by atoms with Gasteiger partial charge in [0.25, 0.3) is 0 Å². The lowest BCUT2D eigenvalue weighted by atomic mass is 9.95. The number of nitrogens with one attached hydrogen (secondary N) is 1. The van der Waals surface area contributed by atoms with Gasteiger partial charge in [0.05, 0.1) is 13.0 Å². The Morgan fingerprint density at radius 1 is 1.09 bits per heavy atom. The van der Waals surface area contributed by atoms with Gasteiger partial charge in [0.2, 0.25) is 11.8 Å². The highest BCUT2D eigenvalue weighted by molar-refractivity contribution is 5.93. The molecule has 2 aromatic carbocycles. The number of aryl methyl sites for hydroxylation is 1. The van der Waals surface area contributed by atoms with Gasteiger partial charge in [-0.3, -0.25) is 9.59 Å². The fraction of sp³-hybridized carbons (Fsp3) is 0.333. The van der Waals surface area contributed by atoms with Crippen molar-refractivity contribution < 1.29 is 14.3 Å². The summed E-state index contributed by atoms with van der Waals surface area (Å²) in [6.07, 6.45) is 3.28. The number of benzene rings is 2. The fourth-order valence-electron chi connectivity index (χ4n) is 3.85. The maximum Gasteiger partial charge on any atom is 0.227 e. The Morgan fingerprint density at radius 2 is 1.88 bits per heavy atom. The van der Waals surface area contributed by atoms with Crippen LogP contribution in [0, 0.1) is 5.92 Å². The smallest absolute Gasteiger partial charge is 0.227 e. The third-order valence-corrected chi connectivity index (χ3v) is 5.65. The highest BCUT2D eigenvalue weighted by atomic mass is 16.5. The minimum atomic E-state index is -0.113. The molecule has 0 unspecified atom stereocenters. The molecule has 1 aliphatic heterocycles. The normalized spacial score (nSPS) is 14.2. The Hall–Kier alpha value is -3.68. The van der Waals surface area contributed by atoms with Crippen LogP contribution in [0.1, 0.15) is 19.3 Å². The van der Waals surface area contributed by atoms with Crippen LogP contribution >= 0.6 is 0 Å². The molecule has 166 valence electrons. The average Bonchev–Trinajstić information content (AvgIpc) is 3.26. The Bertz CT molecular complexity index is 1060. The van der Waals surface area contributed by atoms with E-state index < -0.39 is 0 Å². The number of rotatable bonds is 7. The molecule has 0 spiro atoms. The molecule has 1 aromatic heterocycles. The van der Waals surface area contributed by atoms with Gasteiger partial charge in [0.1, 0.15) is 12.1 Å². The number of carbonyl (C=O) groups is 2. The molecule has 4 rings (SSSR count). The first-order valence-electron chi connectivity index (χ1n) is 10.8. The SMILES string of the molecule is Cn1cnnc1-c1cccc(NC(=O)C2CCN(C(=O)CCOc3ccccc3)CC2)c1. The highest BCUT2D eigenvalue weighted by Crippen LogP contribution is 2.23. The second-order valence-electron chi connectivity index (χ2n) is 7.90. The van der Waals surface area contributed by atoms with E-state index in [-0.39, 0.29) is 17.7 Å². The number of hydrogen-bond acceptors (Lipinski definition) is 5. The van der Waals surface area contributed by atoms with Crippen molar-refractivity contribution in [2.24, 2.45) is 13.0 Å². The number of amides is 2. The molecule has 0 bridgehead atoms. The molecule has 0 radical (unpaired) electrons. The van der Waals surface area contributed by atoms with Crippen molar-refractivity contribution in [2.75, 3.05) is 25.0 Å². The second-order valence-corrected chi connectivity index (χ2v) is 7.90.